The van der Waals surface area contributed by atoms with Crippen LogP contribution in [-0.2, 0) is 20.1 Å². The molecule has 0 aliphatic carbocycles. The molecule has 40 heavy (non-hydrogen) atoms. The molecular formula is C35H34IrN2OSi-2. The summed E-state index contributed by atoms with van der Waals surface area (Å²) in [4.78, 5) is 9.02. The predicted molar refractivity (Wildman–Crippen MR) is 166 cm³/mol. The molecule has 0 saturated carbocycles. The van der Waals surface area contributed by atoms with Gasteiger partial charge in [0.15, 0.2) is 0 Å². The van der Waals surface area contributed by atoms with Crippen molar-refractivity contribution in [3.63, 3.8) is 0 Å². The van der Waals surface area contributed by atoms with E-state index in [1.54, 1.807) is 0 Å². The number of furan rings is 1. The molecule has 0 amide bonds. The molecule has 1 radical (unpaired) electrons. The minimum atomic E-state index is -1.53. The zero-order valence-electron chi connectivity index (χ0n) is 24.1. The van der Waals surface area contributed by atoms with Gasteiger partial charge in [0.1, 0.15) is 5.58 Å². The van der Waals surface area contributed by atoms with Crippen LogP contribution in [0.25, 0.3) is 44.5 Å². The number of para-hydroxylation sites is 1. The summed E-state index contributed by atoms with van der Waals surface area (Å²) < 4.78 is 6.29. The van der Waals surface area contributed by atoms with Crippen molar-refractivity contribution < 1.29 is 24.5 Å². The van der Waals surface area contributed by atoms with Crippen LogP contribution in [0.3, 0.4) is 0 Å². The molecular weight excluding hydrogens is 685 g/mol. The molecule has 0 bridgehead atoms. The fourth-order valence-corrected chi connectivity index (χ4v) is 6.14. The van der Waals surface area contributed by atoms with Crippen molar-refractivity contribution in [3.8, 4) is 22.5 Å². The molecule has 3 aromatic heterocycles. The van der Waals surface area contributed by atoms with Gasteiger partial charge >= 0.3 is 0 Å². The van der Waals surface area contributed by atoms with E-state index in [0.717, 1.165) is 33.7 Å². The number of pyridine rings is 2. The summed E-state index contributed by atoms with van der Waals surface area (Å²) in [5.41, 5.74) is 10.7. The molecule has 3 nitrogen and oxygen atoms in total. The molecule has 6 rings (SSSR count). The molecule has 0 N–H and O–H groups in total. The molecule has 205 valence electrons. The van der Waals surface area contributed by atoms with Gasteiger partial charge in [-0.3, -0.25) is 0 Å². The maximum atomic E-state index is 6.29. The summed E-state index contributed by atoms with van der Waals surface area (Å²) in [5.74, 6) is 0. The maximum absolute atomic E-state index is 6.29. The van der Waals surface area contributed by atoms with E-state index in [9.17, 15) is 0 Å². The first kappa shape index (κ1) is 29.6. The Labute approximate surface area is 252 Å². The number of nitrogens with zero attached hydrogens (tertiary/aromatic N) is 2. The third-order valence-electron chi connectivity index (χ3n) is 7.25. The normalized spacial score (nSPS) is 11.2. The van der Waals surface area contributed by atoms with Crippen molar-refractivity contribution in [2.24, 2.45) is 0 Å². The quantitative estimate of drug-likeness (QED) is 0.136. The standard InChI is InChI=1S/C22H22NOSi.C13H12N.Ir/c1-14-12-18(23-13-15(14)2)16-10-11-20(25(3,4)5)21-17-8-6-7-9-19(17)24-22(16)21;1-10-8-13(14-9-11(10)2)12-6-4-3-5-7-12;/h6-9,11-13H,1-5H3;3-6,8-9H,1-2H3;/q2*-1;. The topological polar surface area (TPSA) is 38.9 Å². The SMILES string of the molecule is Cc1cnc(-c2[c-]cc([Si](C)(C)C)c3c2oc2ccccc23)cc1C.Cc1cnc(-c2[c-]cccc2)cc1C.[Ir]. The summed E-state index contributed by atoms with van der Waals surface area (Å²) in [6.45, 7) is 15.5. The average molecular weight is 719 g/mol. The summed E-state index contributed by atoms with van der Waals surface area (Å²) in [6.07, 6.45) is 3.84. The number of rotatable bonds is 3. The molecule has 5 heteroatoms. The number of fused-ring (bicyclic) bond motifs is 3. The van der Waals surface area contributed by atoms with Gasteiger partial charge in [-0.2, -0.15) is 0 Å². The Morgan fingerprint density at radius 1 is 0.725 bits per heavy atom. The fourth-order valence-electron chi connectivity index (χ4n) is 4.64. The summed E-state index contributed by atoms with van der Waals surface area (Å²) in [6, 6.07) is 29.3. The van der Waals surface area contributed by atoms with Crippen LogP contribution in [0.2, 0.25) is 19.6 Å². The van der Waals surface area contributed by atoms with Gasteiger partial charge in [-0.15, -0.1) is 53.2 Å². The van der Waals surface area contributed by atoms with E-state index in [1.807, 2.05) is 48.8 Å². The van der Waals surface area contributed by atoms with Gasteiger partial charge in [0, 0.05) is 46.0 Å². The van der Waals surface area contributed by atoms with E-state index in [-0.39, 0.29) is 20.1 Å². The number of hydrogen-bond acceptors (Lipinski definition) is 3. The van der Waals surface area contributed by atoms with E-state index in [4.69, 9.17) is 4.42 Å². The van der Waals surface area contributed by atoms with Crippen molar-refractivity contribution in [2.45, 2.75) is 47.3 Å². The Morgan fingerprint density at radius 2 is 1.35 bits per heavy atom. The Balaban J connectivity index is 0.000000210. The van der Waals surface area contributed by atoms with Gasteiger partial charge in [0.05, 0.1) is 5.58 Å². The van der Waals surface area contributed by atoms with E-state index in [0.29, 0.717) is 0 Å². The van der Waals surface area contributed by atoms with Crippen LogP contribution in [0.15, 0.2) is 83.5 Å². The zero-order chi connectivity index (χ0) is 27.7. The maximum Gasteiger partial charge on any atom is 0.120 e. The first-order valence-corrected chi connectivity index (χ1v) is 16.8. The smallest absolute Gasteiger partial charge is 0.120 e. The minimum Gasteiger partial charge on any atom is -0.501 e. The largest absolute Gasteiger partial charge is 0.501 e. The fraction of sp³-hybridized carbons (Fsp3) is 0.200. The third kappa shape index (κ3) is 6.02. The summed E-state index contributed by atoms with van der Waals surface area (Å²) in [5, 5.41) is 3.82. The zero-order valence-corrected chi connectivity index (χ0v) is 27.5. The van der Waals surface area contributed by atoms with E-state index >= 15 is 0 Å². The van der Waals surface area contributed by atoms with Crippen LogP contribution in [0.5, 0.6) is 0 Å². The van der Waals surface area contributed by atoms with Crippen LogP contribution in [-0.4, -0.2) is 18.0 Å². The summed E-state index contributed by atoms with van der Waals surface area (Å²) >= 11 is 0. The summed E-state index contributed by atoms with van der Waals surface area (Å²) in [7, 11) is -1.53. The molecule has 3 heterocycles. The number of aryl methyl sites for hydroxylation is 4. The van der Waals surface area contributed by atoms with Gasteiger partial charge in [-0.25, -0.2) is 0 Å². The third-order valence-corrected chi connectivity index (χ3v) is 9.26. The number of hydrogen-bond donors (Lipinski definition) is 0. The van der Waals surface area contributed by atoms with Crippen molar-refractivity contribution in [1.82, 2.24) is 9.97 Å². The van der Waals surface area contributed by atoms with Crippen molar-refractivity contribution in [2.75, 3.05) is 0 Å². The molecule has 0 atom stereocenters. The minimum absolute atomic E-state index is 0. The van der Waals surface area contributed by atoms with Gasteiger partial charge in [-0.05, 0) is 56.3 Å². The van der Waals surface area contributed by atoms with Crippen LogP contribution < -0.4 is 5.19 Å². The Kier molecular flexibility index (Phi) is 8.89. The molecule has 0 aliphatic heterocycles. The average Bonchev–Trinajstić information content (AvgIpc) is 3.31. The van der Waals surface area contributed by atoms with E-state index < -0.39 is 8.07 Å². The van der Waals surface area contributed by atoms with Crippen LogP contribution in [0.1, 0.15) is 22.3 Å². The Hall–Kier alpha value is -3.37. The molecule has 0 spiro atoms. The number of aromatic nitrogens is 2. The van der Waals surface area contributed by atoms with Crippen molar-refractivity contribution in [1.29, 1.82) is 0 Å². The van der Waals surface area contributed by atoms with E-state index in [1.165, 1.54) is 38.2 Å². The Bertz CT molecular complexity index is 1790. The second kappa shape index (κ2) is 12.0. The van der Waals surface area contributed by atoms with Gasteiger partial charge in [0.2, 0.25) is 0 Å². The van der Waals surface area contributed by atoms with E-state index in [2.05, 4.69) is 99.8 Å². The molecule has 0 fully saturated rings. The molecule has 0 saturated heterocycles. The predicted octanol–water partition coefficient (Wildman–Crippen LogP) is 8.77. The second-order valence-corrected chi connectivity index (χ2v) is 16.3. The van der Waals surface area contributed by atoms with Crippen molar-refractivity contribution in [3.05, 3.63) is 114 Å². The molecule has 6 aromatic rings. The van der Waals surface area contributed by atoms with Gasteiger partial charge < -0.3 is 14.4 Å². The first-order valence-electron chi connectivity index (χ1n) is 13.3. The van der Waals surface area contributed by atoms with Gasteiger partial charge in [0.25, 0.3) is 0 Å². The van der Waals surface area contributed by atoms with Crippen LogP contribution >= 0.6 is 0 Å². The van der Waals surface area contributed by atoms with Crippen LogP contribution in [0, 0.1) is 39.8 Å². The van der Waals surface area contributed by atoms with Gasteiger partial charge in [-0.1, -0.05) is 72.0 Å². The van der Waals surface area contributed by atoms with Crippen molar-refractivity contribution >= 4 is 35.2 Å². The second-order valence-electron chi connectivity index (χ2n) is 11.2. The molecule has 3 aromatic carbocycles. The number of benzene rings is 3. The monoisotopic (exact) mass is 719 g/mol. The first-order chi connectivity index (χ1) is 18.6. The van der Waals surface area contributed by atoms with Crippen LogP contribution in [0.4, 0.5) is 0 Å². The molecule has 0 unspecified atom stereocenters. The Morgan fingerprint density at radius 3 is 1.98 bits per heavy atom. The molecule has 0 aliphatic rings.